The van der Waals surface area contributed by atoms with Crippen molar-refractivity contribution >= 4 is 81.0 Å². The number of piperidine rings is 3. The van der Waals surface area contributed by atoms with E-state index >= 15 is 0 Å². The number of halogens is 4. The number of para-hydroxylation sites is 1. The van der Waals surface area contributed by atoms with E-state index in [0.717, 1.165) is 73.3 Å². The predicted molar refractivity (Wildman–Crippen MR) is 288 cm³/mol. The van der Waals surface area contributed by atoms with E-state index < -0.39 is 56.2 Å². The number of ether oxygens (including phenoxy) is 3. The van der Waals surface area contributed by atoms with Crippen molar-refractivity contribution in [2.24, 2.45) is 11.8 Å². The fourth-order valence-electron chi connectivity index (χ4n) is 9.95. The largest absolute Gasteiger partial charge is 0.619 e. The number of nitrogens with one attached hydrogen (secondary N) is 2. The highest BCUT2D eigenvalue weighted by atomic mass is 35.5. The van der Waals surface area contributed by atoms with Crippen LogP contribution in [-0.2, 0) is 37.3 Å². The molecule has 5 fully saturated rings. The first-order chi connectivity index (χ1) is 37.9. The molecule has 0 unspecified atom stereocenters. The number of pyridine rings is 1. The lowest BCUT2D eigenvalue weighted by Gasteiger charge is -2.44. The summed E-state index contributed by atoms with van der Waals surface area (Å²) >= 11 is 13.9. The summed E-state index contributed by atoms with van der Waals surface area (Å²) in [6.45, 7) is -0.847. The monoisotopic (exact) mass is 1170 g/mol. The van der Waals surface area contributed by atoms with Crippen LogP contribution < -0.4 is 29.7 Å². The summed E-state index contributed by atoms with van der Waals surface area (Å²) in [5.74, 6) is -4.03. The number of hydrogen-bond acceptors (Lipinski definition) is 13. The van der Waals surface area contributed by atoms with Crippen LogP contribution in [0.15, 0.2) is 114 Å². The first-order valence-electron chi connectivity index (χ1n) is 25.2. The Morgan fingerprint density at radius 1 is 0.873 bits per heavy atom. The fourth-order valence-corrected chi connectivity index (χ4v) is 14.2. The number of rotatable bonds is 21. The second kappa shape index (κ2) is 26.0. The van der Waals surface area contributed by atoms with E-state index in [4.69, 9.17) is 47.3 Å². The smallest absolute Gasteiger partial charge is 0.414 e. The Morgan fingerprint density at radius 2 is 1.52 bits per heavy atom. The Hall–Kier alpha value is -6.76. The molecule has 0 spiro atoms. The molecule has 0 radical (unpaired) electrons. The number of carbonyl (C=O) groups excluding carboxylic acids is 3. The van der Waals surface area contributed by atoms with E-state index in [1.807, 2.05) is 36.4 Å². The molecule has 1 aromatic heterocycles. The van der Waals surface area contributed by atoms with E-state index in [1.165, 1.54) is 36.4 Å². The second-order valence-corrected chi connectivity index (χ2v) is 23.1. The number of carboxylic acid groups (broad SMARTS) is 2. The van der Waals surface area contributed by atoms with Gasteiger partial charge in [-0.2, -0.15) is 17.8 Å². The minimum Gasteiger partial charge on any atom is -0.619 e. The molecule has 5 aromatic rings. The molecule has 2 bridgehead atoms. The van der Waals surface area contributed by atoms with Crippen LogP contribution in [0.5, 0.6) is 11.5 Å². The van der Waals surface area contributed by atoms with Gasteiger partial charge in [0.2, 0.25) is 10.0 Å². The van der Waals surface area contributed by atoms with Crippen molar-refractivity contribution in [3.63, 3.8) is 0 Å². The first-order valence-corrected chi connectivity index (χ1v) is 28.4. The topological polar surface area (TPSA) is 248 Å². The molecule has 79 heavy (non-hydrogen) atoms. The number of anilines is 1. The summed E-state index contributed by atoms with van der Waals surface area (Å²) in [4.78, 5) is 64.1. The van der Waals surface area contributed by atoms with Crippen molar-refractivity contribution in [1.82, 2.24) is 19.8 Å². The zero-order valence-electron chi connectivity index (χ0n) is 42.3. The molecule has 1 aliphatic carbocycles. The minimum absolute atomic E-state index is 0.00675. The number of thioether (sulfide) groups is 1. The van der Waals surface area contributed by atoms with Crippen LogP contribution in [0.3, 0.4) is 0 Å². The van der Waals surface area contributed by atoms with E-state index in [0.29, 0.717) is 34.0 Å². The number of carbonyl (C=O) groups is 5. The molecule has 420 valence electrons. The lowest BCUT2D eigenvalue weighted by Crippen LogP contribution is -2.55. The van der Waals surface area contributed by atoms with Gasteiger partial charge in [-0.3, -0.25) is 24.2 Å². The Bertz CT molecular complexity index is 3120. The van der Waals surface area contributed by atoms with Crippen LogP contribution in [0, 0.1) is 17.0 Å². The van der Waals surface area contributed by atoms with Crippen LogP contribution in [0.1, 0.15) is 69.0 Å². The first kappa shape index (κ1) is 58.4. The Labute approximate surface area is 468 Å². The van der Waals surface area contributed by atoms with Crippen LogP contribution >= 0.6 is 35.0 Å². The number of alkyl halides is 2. The molecular formula is C54H56Cl2F2N6O13S2. The summed E-state index contributed by atoms with van der Waals surface area (Å²) in [5, 5.41) is 35.7. The Morgan fingerprint density at radius 3 is 2.13 bits per heavy atom. The molecule has 25 heteroatoms. The van der Waals surface area contributed by atoms with Gasteiger partial charge in [-0.15, -0.1) is 11.8 Å². The zero-order chi connectivity index (χ0) is 56.4. The molecule has 19 nitrogen and oxygen atoms in total. The molecule has 4 aliphatic heterocycles. The second-order valence-electron chi connectivity index (χ2n) is 19.1. The van der Waals surface area contributed by atoms with Gasteiger partial charge < -0.3 is 40.3 Å². The molecule has 3 atom stereocenters. The van der Waals surface area contributed by atoms with Gasteiger partial charge in [-0.05, 0) is 123 Å². The van der Waals surface area contributed by atoms with Crippen LogP contribution in [-0.4, -0.2) is 127 Å². The van der Waals surface area contributed by atoms with Gasteiger partial charge in [-0.1, -0.05) is 65.7 Å². The van der Waals surface area contributed by atoms with Gasteiger partial charge in [0.05, 0.1) is 18.0 Å². The average Bonchev–Trinajstić information content (AvgIpc) is 4.35. The third-order valence-electron chi connectivity index (χ3n) is 14.0. The van der Waals surface area contributed by atoms with Gasteiger partial charge in [0, 0.05) is 60.2 Å². The molecule has 10 rings (SSSR count). The summed E-state index contributed by atoms with van der Waals surface area (Å²) in [6, 6.07) is 24.9. The molecular weight excluding hydrogens is 1110 g/mol. The number of hydrogen-bond donors (Lipinski definition) is 4. The van der Waals surface area contributed by atoms with E-state index in [9.17, 15) is 46.7 Å². The number of nitrogens with zero attached hydrogens (tertiary/aromatic N) is 4. The lowest BCUT2D eigenvalue weighted by atomic mass is 9.85. The number of aromatic nitrogens is 1. The molecule has 4 saturated heterocycles. The van der Waals surface area contributed by atoms with Crippen molar-refractivity contribution in [2.45, 2.75) is 67.0 Å². The van der Waals surface area contributed by atoms with Crippen LogP contribution in [0.25, 0.3) is 0 Å². The zero-order valence-corrected chi connectivity index (χ0v) is 45.4. The van der Waals surface area contributed by atoms with Gasteiger partial charge in [0.25, 0.3) is 18.3 Å². The molecule has 1 saturated carbocycles. The van der Waals surface area contributed by atoms with Gasteiger partial charge >= 0.3 is 18.7 Å². The highest BCUT2D eigenvalue weighted by molar-refractivity contribution is 8.02. The highest BCUT2D eigenvalue weighted by Crippen LogP contribution is 2.52. The SMILES string of the molecule is O=C(NCCNC(=O)c1cccc(S(=O)(=O)N2CCS[C@]2(C(=O)O)[C@@H](Cc2c(Cl)c[n+]([O-])cc2Cl)c2ccc(OC(F)F)c(OCC3CC3)c2)c1)c1cccc(CN(C(=O)O[C@H]2CN3CCC2CC3)c2ccccc2)c1.O=CO. The van der Waals surface area contributed by atoms with E-state index in [-0.39, 0.29) is 102 Å². The quantitative estimate of drug-likeness (QED) is 0.0238. The standard InChI is InChI=1S/C53H54Cl2F2N6O11S2.CH2O2/c54-43-29-61(69)30-44(55)41(43)27-42(36-14-15-45(73-51(56)57)46(26-36)72-32-33-12-13-33)53(50(66)67)63(22-23-75-53)76(70,71)40-11-5-8-38(25-40)49(65)59-19-18-58-48(64)37-7-4-6-34(24-37)28-62(39-9-2-1-3-10-39)52(68)74-47-31-60-20-16-35(47)17-21-60;2-1-3/h1-11,14-15,24-26,29-30,33,35,42,47,51H,12-13,16-23,27-28,31-32H2,(H,58,64)(H,59,65)(H,66,67);1H,(H,2,3)/t42-,47-,53-;/m0./s1. The van der Waals surface area contributed by atoms with Crippen molar-refractivity contribution in [3.8, 4) is 11.5 Å². The third kappa shape index (κ3) is 14.0. The van der Waals surface area contributed by atoms with Gasteiger partial charge in [-0.25, -0.2) is 18.0 Å². The molecule has 5 heterocycles. The van der Waals surface area contributed by atoms with Gasteiger partial charge in [0.15, 0.2) is 28.8 Å². The Kier molecular flexibility index (Phi) is 19.2. The predicted octanol–water partition coefficient (Wildman–Crippen LogP) is 7.66. The van der Waals surface area contributed by atoms with Crippen molar-refractivity contribution < 1.29 is 70.3 Å². The molecule has 3 amide bonds. The minimum atomic E-state index is -4.79. The number of carboxylic acids is 1. The summed E-state index contributed by atoms with van der Waals surface area (Å²) < 4.78 is 75.0. The maximum atomic E-state index is 14.9. The maximum Gasteiger partial charge on any atom is 0.414 e. The molecule has 5 aliphatic rings. The fraction of sp³-hybridized carbons (Fsp3) is 0.370. The van der Waals surface area contributed by atoms with Crippen molar-refractivity contribution in [3.05, 3.63) is 153 Å². The maximum absolute atomic E-state index is 14.9. The van der Waals surface area contributed by atoms with E-state index in [2.05, 4.69) is 15.5 Å². The highest BCUT2D eigenvalue weighted by Gasteiger charge is 2.60. The third-order valence-corrected chi connectivity index (χ3v) is 18.2. The normalized spacial score (nSPS) is 20.0. The van der Waals surface area contributed by atoms with Crippen molar-refractivity contribution in [1.29, 1.82) is 0 Å². The molecule has 4 aromatic carbocycles. The van der Waals surface area contributed by atoms with Crippen LogP contribution in [0.4, 0.5) is 19.3 Å². The van der Waals surface area contributed by atoms with Crippen LogP contribution in [0.2, 0.25) is 10.0 Å². The number of sulfonamides is 1. The summed E-state index contributed by atoms with van der Waals surface area (Å²) in [7, 11) is -4.79. The molecule has 4 N–H and O–H groups in total. The lowest BCUT2D eigenvalue weighted by molar-refractivity contribution is -0.605. The number of amides is 3. The average molecular weight is 1170 g/mol. The Balaban J connectivity index is 0.00000268. The van der Waals surface area contributed by atoms with E-state index in [1.54, 1.807) is 23.1 Å². The number of benzene rings is 4. The van der Waals surface area contributed by atoms with Crippen molar-refractivity contribution in [2.75, 3.05) is 56.5 Å². The van der Waals surface area contributed by atoms with Gasteiger partial charge in [0.1, 0.15) is 16.1 Å². The summed E-state index contributed by atoms with van der Waals surface area (Å²) in [5.41, 5.74) is 1.81. The number of aliphatic carboxylic acids is 1. The summed E-state index contributed by atoms with van der Waals surface area (Å²) in [6.07, 6.45) is 4.69. The number of fused-ring (bicyclic) bond motifs is 3.